The molecule has 11 heteroatoms. The lowest BCUT2D eigenvalue weighted by atomic mass is 9.48. The van der Waals surface area contributed by atoms with Crippen molar-refractivity contribution in [2.45, 2.75) is 66.7 Å². The molecule has 45 heavy (non-hydrogen) atoms. The Hall–Kier alpha value is -3.93. The van der Waals surface area contributed by atoms with Crippen LogP contribution in [0.3, 0.4) is 0 Å². The second-order valence-electron chi connectivity index (χ2n) is 12.9. The fourth-order valence-electron chi connectivity index (χ4n) is 8.31. The summed E-state index contributed by atoms with van der Waals surface area (Å²) in [7, 11) is 0.912. The van der Waals surface area contributed by atoms with Crippen LogP contribution in [-0.2, 0) is 26.7 Å². The van der Waals surface area contributed by atoms with Crippen LogP contribution in [0.4, 0.5) is 0 Å². The van der Waals surface area contributed by atoms with E-state index in [-0.39, 0.29) is 34.9 Å². The van der Waals surface area contributed by atoms with E-state index in [1.54, 1.807) is 62.8 Å². The first-order valence-electron chi connectivity index (χ1n) is 15.2. The van der Waals surface area contributed by atoms with Gasteiger partial charge in [0.2, 0.25) is 15.9 Å². The molecule has 0 radical (unpaired) electrons. The molecular weight excluding hydrogens is 594 g/mol. The van der Waals surface area contributed by atoms with Crippen molar-refractivity contribution in [3.63, 3.8) is 0 Å². The van der Waals surface area contributed by atoms with Gasteiger partial charge in [0.15, 0.2) is 0 Å². The summed E-state index contributed by atoms with van der Waals surface area (Å²) in [6.45, 7) is 2.15. The molecule has 2 aliphatic heterocycles. The first-order valence-corrected chi connectivity index (χ1v) is 16.7. The lowest BCUT2D eigenvalue weighted by Crippen LogP contribution is -2.78. The van der Waals surface area contributed by atoms with Crippen LogP contribution in [0, 0.1) is 6.92 Å². The van der Waals surface area contributed by atoms with Gasteiger partial charge in [0, 0.05) is 50.5 Å². The third kappa shape index (κ3) is 4.17. The van der Waals surface area contributed by atoms with Crippen molar-refractivity contribution >= 4 is 27.9 Å². The first-order chi connectivity index (χ1) is 21.4. The molecule has 236 valence electrons. The molecule has 2 aliphatic carbocycles. The highest BCUT2D eigenvalue weighted by atomic mass is 32.2. The van der Waals surface area contributed by atoms with Gasteiger partial charge in [0.1, 0.15) is 11.9 Å². The van der Waals surface area contributed by atoms with E-state index in [1.807, 2.05) is 19.1 Å². The van der Waals surface area contributed by atoms with Gasteiger partial charge >= 0.3 is 0 Å². The van der Waals surface area contributed by atoms with Crippen molar-refractivity contribution < 1.29 is 32.3 Å². The van der Waals surface area contributed by atoms with Gasteiger partial charge in [0.05, 0.1) is 40.5 Å². The number of aryl methyl sites for hydroxylation is 1. The van der Waals surface area contributed by atoms with Gasteiger partial charge in [-0.3, -0.25) is 9.59 Å². The number of likely N-dealkylation sites (N-methyl/N-ethyl adjacent to an activating group) is 1. The Labute approximate surface area is 262 Å². The topological polar surface area (TPSA) is 121 Å². The standard InChI is InChI=1S/C34H37N3O7S/c1-21-8-10-23-19-27-34(40)14-12-26(36(4)28(38)11-9-22-13-17-43-20-22)31-33(34,29(23)30(21)44-31)15-16-37(27)45(41,42)25-7-5-6-24(18-25)32(39)35(2)3/h5-11,13,17-18,20,26-27,31,40H,12,14-16,19H2,1-4H3/b11-9+/t26-,27-,31+,33+,34-/m1/s1. The van der Waals surface area contributed by atoms with Gasteiger partial charge in [-0.2, -0.15) is 4.31 Å². The summed E-state index contributed by atoms with van der Waals surface area (Å²) < 4.78 is 42.0. The Morgan fingerprint density at radius 2 is 1.91 bits per heavy atom. The highest BCUT2D eigenvalue weighted by Gasteiger charge is 2.74. The number of amides is 2. The van der Waals surface area contributed by atoms with E-state index in [2.05, 4.69) is 0 Å². The van der Waals surface area contributed by atoms with E-state index < -0.39 is 33.2 Å². The van der Waals surface area contributed by atoms with Crippen LogP contribution in [0.5, 0.6) is 5.75 Å². The highest BCUT2D eigenvalue weighted by molar-refractivity contribution is 7.89. The van der Waals surface area contributed by atoms with E-state index in [4.69, 9.17) is 9.15 Å². The number of rotatable bonds is 6. The van der Waals surface area contributed by atoms with Gasteiger partial charge in [-0.05, 0) is 74.1 Å². The lowest BCUT2D eigenvalue weighted by Gasteiger charge is -2.64. The summed E-state index contributed by atoms with van der Waals surface area (Å²) in [4.78, 5) is 29.2. The molecule has 1 spiro atoms. The fraction of sp³-hybridized carbons (Fsp3) is 0.412. The van der Waals surface area contributed by atoms with E-state index in [0.717, 1.165) is 28.0 Å². The molecule has 5 atom stereocenters. The first kappa shape index (κ1) is 29.8. The fourth-order valence-corrected chi connectivity index (χ4v) is 10.0. The number of hydrogen-bond donors (Lipinski definition) is 1. The molecule has 0 unspecified atom stereocenters. The monoisotopic (exact) mass is 631 g/mol. The lowest BCUT2D eigenvalue weighted by molar-refractivity contribution is -0.186. The van der Waals surface area contributed by atoms with E-state index in [9.17, 15) is 23.1 Å². The molecule has 7 rings (SSSR count). The minimum Gasteiger partial charge on any atom is -0.487 e. The number of aliphatic hydroxyl groups is 1. The Balaban J connectivity index is 1.28. The third-order valence-corrected chi connectivity index (χ3v) is 12.4. The molecule has 3 heterocycles. The average Bonchev–Trinajstić information content (AvgIpc) is 3.66. The summed E-state index contributed by atoms with van der Waals surface area (Å²) >= 11 is 0. The van der Waals surface area contributed by atoms with Crippen LogP contribution >= 0.6 is 0 Å². The smallest absolute Gasteiger partial charge is 0.253 e. The summed E-state index contributed by atoms with van der Waals surface area (Å²) in [5.74, 6) is 0.252. The molecule has 2 amide bonds. The van der Waals surface area contributed by atoms with Crippen molar-refractivity contribution in [2.75, 3.05) is 27.7 Å². The zero-order valence-electron chi connectivity index (χ0n) is 25.8. The molecule has 1 aromatic heterocycles. The Kier molecular flexibility index (Phi) is 6.81. The van der Waals surface area contributed by atoms with Gasteiger partial charge in [-0.15, -0.1) is 0 Å². The number of piperidine rings is 1. The molecule has 1 saturated carbocycles. The molecular formula is C34H37N3O7S. The predicted octanol–water partition coefficient (Wildman–Crippen LogP) is 3.37. The van der Waals surface area contributed by atoms with Crippen LogP contribution in [0.1, 0.15) is 51.9 Å². The average molecular weight is 632 g/mol. The Bertz CT molecular complexity index is 1840. The summed E-state index contributed by atoms with van der Waals surface area (Å²) in [6, 6.07) is 10.8. The second kappa shape index (κ2) is 10.3. The third-order valence-electron chi connectivity index (χ3n) is 10.5. The van der Waals surface area contributed by atoms with Crippen LogP contribution in [-0.4, -0.2) is 90.9 Å². The Morgan fingerprint density at radius 3 is 2.64 bits per heavy atom. The van der Waals surface area contributed by atoms with Crippen molar-refractivity contribution in [3.05, 3.63) is 88.9 Å². The Morgan fingerprint density at radius 1 is 1.11 bits per heavy atom. The largest absolute Gasteiger partial charge is 0.487 e. The summed E-state index contributed by atoms with van der Waals surface area (Å²) in [5, 5.41) is 12.9. The zero-order valence-corrected chi connectivity index (χ0v) is 26.6. The number of ether oxygens (including phenoxy) is 1. The SMILES string of the molecule is Cc1ccc2c3c1O[C@H]1[C@H](N(C)C(=O)/C=C/c4ccoc4)CC[C@@]4(O)[C@@H](C2)N(S(=O)(=O)c2cccc(C(=O)N(C)C)c2)CC[C@]314. The van der Waals surface area contributed by atoms with Crippen molar-refractivity contribution in [1.29, 1.82) is 0 Å². The predicted molar refractivity (Wildman–Crippen MR) is 166 cm³/mol. The minimum atomic E-state index is -4.09. The molecule has 10 nitrogen and oxygen atoms in total. The number of furan rings is 1. The van der Waals surface area contributed by atoms with Crippen molar-refractivity contribution in [3.8, 4) is 5.75 Å². The molecule has 1 N–H and O–H groups in total. The van der Waals surface area contributed by atoms with Gasteiger partial charge in [-0.25, -0.2) is 8.42 Å². The quantitative estimate of drug-likeness (QED) is 0.414. The zero-order chi connectivity index (χ0) is 31.9. The van der Waals surface area contributed by atoms with E-state index >= 15 is 0 Å². The number of carbonyl (C=O) groups excluding carboxylic acids is 2. The summed E-state index contributed by atoms with van der Waals surface area (Å²) in [6.07, 6.45) is 7.15. The maximum Gasteiger partial charge on any atom is 0.253 e. The van der Waals surface area contributed by atoms with E-state index in [1.165, 1.54) is 27.4 Å². The minimum absolute atomic E-state index is 0.0211. The number of nitrogens with zero attached hydrogens (tertiary/aromatic N) is 3. The van der Waals surface area contributed by atoms with Crippen LogP contribution < -0.4 is 4.74 Å². The van der Waals surface area contributed by atoms with Crippen LogP contribution in [0.15, 0.2) is 70.4 Å². The van der Waals surface area contributed by atoms with Crippen molar-refractivity contribution in [1.82, 2.24) is 14.1 Å². The van der Waals surface area contributed by atoms with Crippen LogP contribution in [0.25, 0.3) is 6.08 Å². The van der Waals surface area contributed by atoms with Crippen LogP contribution in [0.2, 0.25) is 0 Å². The number of hydrogen-bond acceptors (Lipinski definition) is 7. The van der Waals surface area contributed by atoms with Crippen molar-refractivity contribution in [2.24, 2.45) is 0 Å². The van der Waals surface area contributed by atoms with E-state index in [0.29, 0.717) is 25.7 Å². The molecule has 2 aromatic carbocycles. The number of benzene rings is 2. The molecule has 3 aromatic rings. The molecule has 2 fully saturated rings. The second-order valence-corrected chi connectivity index (χ2v) is 14.8. The maximum absolute atomic E-state index is 14.3. The highest BCUT2D eigenvalue weighted by Crippen LogP contribution is 2.65. The molecule has 2 bridgehead atoms. The summed E-state index contributed by atoms with van der Waals surface area (Å²) in [5.41, 5.74) is 1.59. The molecule has 4 aliphatic rings. The van der Waals surface area contributed by atoms with Gasteiger partial charge in [0.25, 0.3) is 5.91 Å². The number of carbonyl (C=O) groups is 2. The maximum atomic E-state index is 14.3. The molecule has 1 saturated heterocycles. The number of sulfonamides is 1. The normalized spacial score (nSPS) is 28.4. The van der Waals surface area contributed by atoms with Gasteiger partial charge in [-0.1, -0.05) is 18.2 Å². The van der Waals surface area contributed by atoms with Gasteiger partial charge < -0.3 is 24.1 Å².